The van der Waals surface area contributed by atoms with E-state index in [4.69, 9.17) is 9.73 Å². The highest BCUT2D eigenvalue weighted by Crippen LogP contribution is 2.40. The van der Waals surface area contributed by atoms with Crippen LogP contribution in [0.1, 0.15) is 63.0 Å². The number of hydrogen-bond acceptors (Lipinski definition) is 7. The second kappa shape index (κ2) is 11.0. The number of tetrazole rings is 1. The molecule has 204 valence electrons. The molecule has 40 heavy (non-hydrogen) atoms. The average molecular weight is 536 g/mol. The highest BCUT2D eigenvalue weighted by atomic mass is 16.5. The zero-order chi connectivity index (χ0) is 27.5. The first-order chi connectivity index (χ1) is 19.5. The molecular formula is C31H33N7O2. The molecule has 3 heterocycles. The number of carbonyl (C=O) groups excluding carboxylic acids is 1. The highest BCUT2D eigenvalue weighted by Gasteiger charge is 2.49. The van der Waals surface area contributed by atoms with Crippen molar-refractivity contribution in [3.05, 3.63) is 71.9 Å². The Morgan fingerprint density at radius 3 is 2.58 bits per heavy atom. The number of aliphatic imine (C=N–C) groups is 1. The summed E-state index contributed by atoms with van der Waals surface area (Å²) in [5, 5.41) is 14.7. The number of unbranched alkanes of at least 4 members (excludes halogenated alkanes) is 1. The number of aryl methyl sites for hydroxylation is 1. The van der Waals surface area contributed by atoms with Gasteiger partial charge < -0.3 is 4.74 Å². The van der Waals surface area contributed by atoms with Crippen LogP contribution < -0.4 is 4.74 Å². The highest BCUT2D eigenvalue weighted by molar-refractivity contribution is 6.08. The Morgan fingerprint density at radius 1 is 1.02 bits per heavy atom. The molecule has 1 fully saturated rings. The number of H-pyrrole nitrogens is 1. The topological polar surface area (TPSA) is 109 Å². The molecule has 0 unspecified atom stereocenters. The first-order valence-corrected chi connectivity index (χ1v) is 14.0. The van der Waals surface area contributed by atoms with E-state index in [-0.39, 0.29) is 5.91 Å². The Kier molecular flexibility index (Phi) is 7.11. The second-order valence-electron chi connectivity index (χ2n) is 10.7. The van der Waals surface area contributed by atoms with E-state index < -0.39 is 5.54 Å². The summed E-state index contributed by atoms with van der Waals surface area (Å²) in [5.41, 5.74) is 4.33. The van der Waals surface area contributed by atoms with Crippen molar-refractivity contribution in [3.63, 3.8) is 0 Å². The fraction of sp³-hybridized carbons (Fsp3) is 0.355. The minimum Gasteiger partial charge on any atom is -0.439 e. The molecular weight excluding hydrogens is 502 g/mol. The first kappa shape index (κ1) is 25.9. The third-order valence-corrected chi connectivity index (χ3v) is 7.78. The number of amides is 1. The number of pyridine rings is 1. The van der Waals surface area contributed by atoms with E-state index in [1.54, 1.807) is 6.20 Å². The SMILES string of the molecule is CCCCC1=NC2(CCCC2)C(=O)N1Cc1ccc(-c2cc(Oc3cc(C)ccn3)ccc2-c2nn[nH]n2)cc1. The van der Waals surface area contributed by atoms with E-state index in [9.17, 15) is 4.79 Å². The minimum atomic E-state index is -0.519. The lowest BCUT2D eigenvalue weighted by Gasteiger charge is -2.23. The molecule has 0 saturated heterocycles. The van der Waals surface area contributed by atoms with Crippen molar-refractivity contribution in [2.24, 2.45) is 4.99 Å². The molecule has 1 aliphatic carbocycles. The van der Waals surface area contributed by atoms with E-state index in [0.717, 1.165) is 78.6 Å². The number of rotatable bonds is 9. The maximum Gasteiger partial charge on any atom is 0.256 e. The van der Waals surface area contributed by atoms with Crippen LogP contribution in [0.3, 0.4) is 0 Å². The van der Waals surface area contributed by atoms with E-state index in [2.05, 4.69) is 56.8 Å². The molecule has 2 aliphatic rings. The maximum atomic E-state index is 13.6. The third kappa shape index (κ3) is 5.11. The van der Waals surface area contributed by atoms with E-state index in [0.29, 0.717) is 24.0 Å². The lowest BCUT2D eigenvalue weighted by atomic mass is 9.97. The molecule has 0 radical (unpaired) electrons. The number of benzene rings is 2. The first-order valence-electron chi connectivity index (χ1n) is 14.0. The molecule has 9 heteroatoms. The van der Waals surface area contributed by atoms with E-state index in [1.165, 1.54) is 0 Å². The van der Waals surface area contributed by atoms with Gasteiger partial charge in [-0.3, -0.25) is 14.7 Å². The van der Waals surface area contributed by atoms with Crippen LogP contribution in [0.4, 0.5) is 0 Å². The van der Waals surface area contributed by atoms with Gasteiger partial charge in [-0.05, 0) is 77.9 Å². The third-order valence-electron chi connectivity index (χ3n) is 7.78. The van der Waals surface area contributed by atoms with Gasteiger partial charge in [-0.15, -0.1) is 10.2 Å². The fourth-order valence-electron chi connectivity index (χ4n) is 5.65. The van der Waals surface area contributed by atoms with Gasteiger partial charge in [0.1, 0.15) is 17.1 Å². The molecule has 0 atom stereocenters. The summed E-state index contributed by atoms with van der Waals surface area (Å²) in [6.45, 7) is 4.71. The standard InChI is InChI=1S/C31H33N7O2/c1-3-4-7-27-33-31(15-5-6-16-31)30(39)38(27)20-22-8-10-23(11-9-22)26-19-24(40-28-18-21(2)14-17-32-28)12-13-25(26)29-34-36-37-35-29/h8-14,17-19H,3-7,15-16,20H2,1-2H3,(H,34,35,36,37). The van der Waals surface area contributed by atoms with Crippen LogP contribution >= 0.6 is 0 Å². The van der Waals surface area contributed by atoms with Crippen molar-refractivity contribution in [2.45, 2.75) is 70.9 Å². The Bertz CT molecular complexity index is 1520. The van der Waals surface area contributed by atoms with Gasteiger partial charge in [-0.25, -0.2) is 4.98 Å². The molecule has 1 saturated carbocycles. The Labute approximate surface area is 233 Å². The lowest BCUT2D eigenvalue weighted by Crippen LogP contribution is -2.40. The van der Waals surface area contributed by atoms with Gasteiger partial charge in [0.15, 0.2) is 0 Å². The van der Waals surface area contributed by atoms with Crippen molar-refractivity contribution in [3.8, 4) is 34.1 Å². The van der Waals surface area contributed by atoms with Crippen LogP contribution in [0.15, 0.2) is 65.8 Å². The normalized spacial score (nSPS) is 16.1. The largest absolute Gasteiger partial charge is 0.439 e. The molecule has 4 aromatic rings. The van der Waals surface area contributed by atoms with Gasteiger partial charge in [0.25, 0.3) is 5.91 Å². The number of aromatic nitrogens is 5. The molecule has 0 bridgehead atoms. The summed E-state index contributed by atoms with van der Waals surface area (Å²) in [6.07, 6.45) is 8.57. The summed E-state index contributed by atoms with van der Waals surface area (Å²) < 4.78 is 6.07. The number of amidine groups is 1. The monoisotopic (exact) mass is 535 g/mol. The molecule has 2 aromatic carbocycles. The van der Waals surface area contributed by atoms with Crippen LogP contribution in [-0.2, 0) is 11.3 Å². The fourth-order valence-corrected chi connectivity index (χ4v) is 5.65. The van der Waals surface area contributed by atoms with E-state index in [1.807, 2.05) is 42.2 Å². The predicted octanol–water partition coefficient (Wildman–Crippen LogP) is 6.27. The number of carbonyl (C=O) groups is 1. The summed E-state index contributed by atoms with van der Waals surface area (Å²) in [6, 6.07) is 17.9. The Hall–Kier alpha value is -4.40. The van der Waals surface area contributed by atoms with Crippen LogP contribution in [0.25, 0.3) is 22.5 Å². The number of hydrogen-bond donors (Lipinski definition) is 1. The van der Waals surface area contributed by atoms with Crippen molar-refractivity contribution >= 4 is 11.7 Å². The molecule has 9 nitrogen and oxygen atoms in total. The van der Waals surface area contributed by atoms with Crippen molar-refractivity contribution in [1.82, 2.24) is 30.5 Å². The number of ether oxygens (including phenoxy) is 1. The Balaban J connectivity index is 1.28. The van der Waals surface area contributed by atoms with Crippen molar-refractivity contribution < 1.29 is 9.53 Å². The second-order valence-corrected chi connectivity index (χ2v) is 10.7. The smallest absolute Gasteiger partial charge is 0.256 e. The summed E-state index contributed by atoms with van der Waals surface area (Å²) in [7, 11) is 0. The quantitative estimate of drug-likeness (QED) is 0.270. The van der Waals surface area contributed by atoms with Crippen molar-refractivity contribution in [2.75, 3.05) is 0 Å². The summed E-state index contributed by atoms with van der Waals surface area (Å²) >= 11 is 0. The van der Waals surface area contributed by atoms with Gasteiger partial charge in [0, 0.05) is 24.2 Å². The average Bonchev–Trinajstić information content (AvgIpc) is 3.72. The van der Waals surface area contributed by atoms with Gasteiger partial charge in [-0.1, -0.05) is 50.5 Å². The number of nitrogens with zero attached hydrogens (tertiary/aromatic N) is 6. The zero-order valence-corrected chi connectivity index (χ0v) is 22.9. The molecule has 1 N–H and O–H groups in total. The van der Waals surface area contributed by atoms with Crippen LogP contribution in [0.5, 0.6) is 11.6 Å². The van der Waals surface area contributed by atoms with Crippen molar-refractivity contribution in [1.29, 1.82) is 0 Å². The van der Waals surface area contributed by atoms with Crippen LogP contribution in [-0.4, -0.2) is 47.8 Å². The van der Waals surface area contributed by atoms with Gasteiger partial charge in [0.05, 0.1) is 6.54 Å². The lowest BCUT2D eigenvalue weighted by molar-refractivity contribution is -0.131. The van der Waals surface area contributed by atoms with Gasteiger partial charge in [-0.2, -0.15) is 5.21 Å². The molecule has 1 aliphatic heterocycles. The number of nitrogens with one attached hydrogen (secondary N) is 1. The zero-order valence-electron chi connectivity index (χ0n) is 22.9. The van der Waals surface area contributed by atoms with Gasteiger partial charge in [0.2, 0.25) is 11.7 Å². The molecule has 1 spiro atoms. The predicted molar refractivity (Wildman–Crippen MR) is 153 cm³/mol. The van der Waals surface area contributed by atoms with E-state index >= 15 is 0 Å². The summed E-state index contributed by atoms with van der Waals surface area (Å²) in [4.78, 5) is 24.8. The minimum absolute atomic E-state index is 0.175. The Morgan fingerprint density at radius 2 is 1.85 bits per heavy atom. The summed E-state index contributed by atoms with van der Waals surface area (Å²) in [5.74, 6) is 2.82. The maximum absolute atomic E-state index is 13.6. The van der Waals surface area contributed by atoms with Crippen LogP contribution in [0.2, 0.25) is 0 Å². The molecule has 1 amide bonds. The number of aromatic amines is 1. The molecule has 2 aromatic heterocycles. The molecule has 6 rings (SSSR count). The van der Waals surface area contributed by atoms with Crippen LogP contribution in [0, 0.1) is 6.92 Å². The van der Waals surface area contributed by atoms with Gasteiger partial charge >= 0.3 is 0 Å².